The molecule has 2 aromatic rings. The van der Waals surface area contributed by atoms with Crippen molar-refractivity contribution in [1.29, 1.82) is 0 Å². The highest BCUT2D eigenvalue weighted by Crippen LogP contribution is 2.21. The van der Waals surface area contributed by atoms with Gasteiger partial charge in [0, 0.05) is 23.9 Å². The van der Waals surface area contributed by atoms with Crippen molar-refractivity contribution in [3.8, 4) is 0 Å². The van der Waals surface area contributed by atoms with Crippen LogP contribution in [0, 0.1) is 0 Å². The third-order valence-corrected chi connectivity index (χ3v) is 3.02. The molecule has 0 aliphatic carbocycles. The van der Waals surface area contributed by atoms with Crippen molar-refractivity contribution in [3.63, 3.8) is 0 Å². The van der Waals surface area contributed by atoms with E-state index in [4.69, 9.17) is 5.73 Å². The van der Waals surface area contributed by atoms with Crippen LogP contribution in [-0.2, 0) is 13.5 Å². The molecular formula is C11H13BrN4. The zero-order chi connectivity index (χ0) is 11.5. The van der Waals surface area contributed by atoms with Gasteiger partial charge in [-0.3, -0.25) is 9.67 Å². The summed E-state index contributed by atoms with van der Waals surface area (Å²) in [4.78, 5) is 4.28. The van der Waals surface area contributed by atoms with Gasteiger partial charge in [-0.15, -0.1) is 0 Å². The van der Waals surface area contributed by atoms with Crippen molar-refractivity contribution in [1.82, 2.24) is 14.8 Å². The highest BCUT2D eigenvalue weighted by molar-refractivity contribution is 9.10. The minimum absolute atomic E-state index is 0.111. The Labute approximate surface area is 103 Å². The van der Waals surface area contributed by atoms with E-state index < -0.39 is 0 Å². The molecule has 16 heavy (non-hydrogen) atoms. The zero-order valence-electron chi connectivity index (χ0n) is 8.97. The van der Waals surface area contributed by atoms with E-state index in [2.05, 4.69) is 26.0 Å². The van der Waals surface area contributed by atoms with Crippen LogP contribution in [0.1, 0.15) is 17.3 Å². The SMILES string of the molecule is Cn1cc(CC(N)c2ncccc2Br)cn1. The molecule has 1 atom stereocenters. The Bertz CT molecular complexity index is 480. The number of aryl methyl sites for hydroxylation is 1. The molecule has 2 aromatic heterocycles. The summed E-state index contributed by atoms with van der Waals surface area (Å²) in [6.45, 7) is 0. The summed E-state index contributed by atoms with van der Waals surface area (Å²) in [5.74, 6) is 0. The lowest BCUT2D eigenvalue weighted by molar-refractivity contribution is 0.691. The second kappa shape index (κ2) is 4.76. The molecule has 1 unspecified atom stereocenters. The molecule has 5 heteroatoms. The summed E-state index contributed by atoms with van der Waals surface area (Å²) < 4.78 is 2.72. The summed E-state index contributed by atoms with van der Waals surface area (Å²) in [5, 5.41) is 4.11. The van der Waals surface area contributed by atoms with E-state index in [1.54, 1.807) is 10.9 Å². The molecule has 84 valence electrons. The van der Waals surface area contributed by atoms with Gasteiger partial charge in [0.25, 0.3) is 0 Å². The predicted molar refractivity (Wildman–Crippen MR) is 65.8 cm³/mol. The van der Waals surface area contributed by atoms with E-state index in [0.29, 0.717) is 0 Å². The largest absolute Gasteiger partial charge is 0.322 e. The Balaban J connectivity index is 2.14. The first-order chi connectivity index (χ1) is 7.66. The number of hydrogen-bond acceptors (Lipinski definition) is 3. The lowest BCUT2D eigenvalue weighted by Gasteiger charge is -2.11. The van der Waals surface area contributed by atoms with E-state index >= 15 is 0 Å². The van der Waals surface area contributed by atoms with Gasteiger partial charge in [-0.2, -0.15) is 5.10 Å². The Morgan fingerprint density at radius 1 is 1.56 bits per heavy atom. The normalized spacial score (nSPS) is 12.7. The smallest absolute Gasteiger partial charge is 0.0716 e. The molecule has 2 heterocycles. The monoisotopic (exact) mass is 280 g/mol. The van der Waals surface area contributed by atoms with Gasteiger partial charge < -0.3 is 5.73 Å². The summed E-state index contributed by atoms with van der Waals surface area (Å²) in [5.41, 5.74) is 8.11. The van der Waals surface area contributed by atoms with E-state index in [1.807, 2.05) is 31.6 Å². The predicted octanol–water partition coefficient (Wildman–Crippen LogP) is 1.82. The van der Waals surface area contributed by atoms with Crippen LogP contribution in [0.3, 0.4) is 0 Å². The lowest BCUT2D eigenvalue weighted by atomic mass is 10.1. The summed E-state index contributed by atoms with van der Waals surface area (Å²) in [6, 6.07) is 3.72. The number of aromatic nitrogens is 3. The summed E-state index contributed by atoms with van der Waals surface area (Å²) >= 11 is 3.45. The maximum absolute atomic E-state index is 6.11. The van der Waals surface area contributed by atoms with Gasteiger partial charge >= 0.3 is 0 Å². The maximum Gasteiger partial charge on any atom is 0.0716 e. The van der Waals surface area contributed by atoms with E-state index in [0.717, 1.165) is 22.2 Å². The molecule has 0 radical (unpaired) electrons. The molecule has 0 aromatic carbocycles. The van der Waals surface area contributed by atoms with Crippen molar-refractivity contribution >= 4 is 15.9 Å². The summed E-state index contributed by atoms with van der Waals surface area (Å²) in [6.07, 6.45) is 6.29. The highest BCUT2D eigenvalue weighted by atomic mass is 79.9. The molecule has 2 rings (SSSR count). The number of pyridine rings is 1. The van der Waals surface area contributed by atoms with Crippen LogP contribution in [-0.4, -0.2) is 14.8 Å². The fourth-order valence-electron chi connectivity index (χ4n) is 1.60. The first-order valence-corrected chi connectivity index (χ1v) is 5.79. The van der Waals surface area contributed by atoms with Gasteiger partial charge in [0.05, 0.1) is 17.9 Å². The number of halogens is 1. The Hall–Kier alpha value is -1.20. The molecule has 0 saturated heterocycles. The maximum atomic E-state index is 6.11. The van der Waals surface area contributed by atoms with Crippen molar-refractivity contribution in [2.75, 3.05) is 0 Å². The first kappa shape index (κ1) is 11.3. The molecule has 0 bridgehead atoms. The van der Waals surface area contributed by atoms with Crippen LogP contribution in [0.4, 0.5) is 0 Å². The van der Waals surface area contributed by atoms with Crippen LogP contribution < -0.4 is 5.73 Å². The van der Waals surface area contributed by atoms with E-state index in [9.17, 15) is 0 Å². The molecule has 0 amide bonds. The standard InChI is InChI=1S/C11H13BrN4/c1-16-7-8(6-15-16)5-10(13)11-9(12)3-2-4-14-11/h2-4,6-7,10H,5,13H2,1H3. The quantitative estimate of drug-likeness (QED) is 0.933. The molecular weight excluding hydrogens is 268 g/mol. The number of rotatable bonds is 3. The molecule has 0 fully saturated rings. The van der Waals surface area contributed by atoms with Crippen LogP contribution in [0.2, 0.25) is 0 Å². The van der Waals surface area contributed by atoms with Crippen molar-refractivity contribution < 1.29 is 0 Å². The fourth-order valence-corrected chi connectivity index (χ4v) is 2.15. The van der Waals surface area contributed by atoms with Crippen LogP contribution in [0.15, 0.2) is 35.2 Å². The molecule has 0 saturated carbocycles. The zero-order valence-corrected chi connectivity index (χ0v) is 10.6. The Morgan fingerprint density at radius 2 is 2.38 bits per heavy atom. The number of nitrogens with two attached hydrogens (primary N) is 1. The molecule has 0 spiro atoms. The second-order valence-corrected chi connectivity index (χ2v) is 4.56. The van der Waals surface area contributed by atoms with E-state index in [-0.39, 0.29) is 6.04 Å². The minimum atomic E-state index is -0.111. The first-order valence-electron chi connectivity index (χ1n) is 5.00. The van der Waals surface area contributed by atoms with Gasteiger partial charge in [0.1, 0.15) is 0 Å². The minimum Gasteiger partial charge on any atom is -0.322 e. The third kappa shape index (κ3) is 2.48. The Morgan fingerprint density at radius 3 is 3.00 bits per heavy atom. The lowest BCUT2D eigenvalue weighted by Crippen LogP contribution is -2.15. The van der Waals surface area contributed by atoms with Crippen LogP contribution in [0.25, 0.3) is 0 Å². The van der Waals surface area contributed by atoms with Gasteiger partial charge in [-0.1, -0.05) is 0 Å². The van der Waals surface area contributed by atoms with Crippen molar-refractivity contribution in [3.05, 3.63) is 46.5 Å². The summed E-state index contributed by atoms with van der Waals surface area (Å²) in [7, 11) is 1.89. The van der Waals surface area contributed by atoms with Crippen molar-refractivity contribution in [2.24, 2.45) is 12.8 Å². The molecule has 4 nitrogen and oxygen atoms in total. The second-order valence-electron chi connectivity index (χ2n) is 3.70. The molecule has 0 aliphatic rings. The average Bonchev–Trinajstić information content (AvgIpc) is 2.64. The van der Waals surface area contributed by atoms with Crippen LogP contribution >= 0.6 is 15.9 Å². The fraction of sp³-hybridized carbons (Fsp3) is 0.273. The van der Waals surface area contributed by atoms with Gasteiger partial charge in [-0.25, -0.2) is 0 Å². The van der Waals surface area contributed by atoms with E-state index in [1.165, 1.54) is 0 Å². The van der Waals surface area contributed by atoms with Gasteiger partial charge in [0.15, 0.2) is 0 Å². The van der Waals surface area contributed by atoms with Gasteiger partial charge in [-0.05, 0) is 40.0 Å². The van der Waals surface area contributed by atoms with Gasteiger partial charge in [0.2, 0.25) is 0 Å². The third-order valence-electron chi connectivity index (χ3n) is 2.35. The topological polar surface area (TPSA) is 56.7 Å². The molecule has 2 N–H and O–H groups in total. The van der Waals surface area contributed by atoms with Crippen molar-refractivity contribution in [2.45, 2.75) is 12.5 Å². The Kier molecular flexibility index (Phi) is 3.36. The number of nitrogens with zero attached hydrogens (tertiary/aromatic N) is 3. The molecule has 0 aliphatic heterocycles. The average molecular weight is 281 g/mol. The van der Waals surface area contributed by atoms with Crippen LogP contribution in [0.5, 0.6) is 0 Å². The highest BCUT2D eigenvalue weighted by Gasteiger charge is 2.12. The number of hydrogen-bond donors (Lipinski definition) is 1.